The van der Waals surface area contributed by atoms with Crippen LogP contribution in [0.25, 0.3) is 0 Å². The highest BCUT2D eigenvalue weighted by Crippen LogP contribution is 2.33. The molecule has 1 N–H and O–H groups in total. The van der Waals surface area contributed by atoms with Gasteiger partial charge >= 0.3 is 0 Å². The lowest BCUT2D eigenvalue weighted by Crippen LogP contribution is -2.22. The Hall–Kier alpha value is -1.65. The Morgan fingerprint density at radius 3 is 2.95 bits per heavy atom. The third kappa shape index (κ3) is 3.34. The summed E-state index contributed by atoms with van der Waals surface area (Å²) in [4.78, 5) is 8.60. The second-order valence-electron chi connectivity index (χ2n) is 5.33. The first-order valence-corrected chi connectivity index (χ1v) is 7.51. The van der Waals surface area contributed by atoms with Gasteiger partial charge in [0.2, 0.25) is 0 Å². The number of benzene rings is 1. The molecule has 4 nitrogen and oxygen atoms in total. The van der Waals surface area contributed by atoms with Crippen molar-refractivity contribution in [1.82, 2.24) is 15.3 Å². The molecule has 2 heterocycles. The summed E-state index contributed by atoms with van der Waals surface area (Å²) in [6.45, 7) is 3.96. The maximum Gasteiger partial charge on any atom is 0.146 e. The van der Waals surface area contributed by atoms with E-state index in [1.165, 1.54) is 0 Å². The number of nitrogens with one attached hydrogen (secondary N) is 1. The van der Waals surface area contributed by atoms with Crippen molar-refractivity contribution < 1.29 is 4.74 Å². The normalized spacial score (nSPS) is 19.4. The van der Waals surface area contributed by atoms with E-state index < -0.39 is 0 Å². The molecule has 0 aliphatic carbocycles. The minimum Gasteiger partial charge on any atom is -0.483 e. The van der Waals surface area contributed by atoms with Gasteiger partial charge in [-0.1, -0.05) is 11.6 Å². The zero-order valence-corrected chi connectivity index (χ0v) is 12.7. The van der Waals surface area contributed by atoms with Gasteiger partial charge < -0.3 is 10.1 Å². The first kappa shape index (κ1) is 14.3. The Morgan fingerprint density at radius 1 is 1.38 bits per heavy atom. The lowest BCUT2D eigenvalue weighted by molar-refractivity contribution is 0.138. The fraction of sp³-hybridized carbons (Fsp3) is 0.375. The number of aryl methyl sites for hydroxylation is 1. The largest absolute Gasteiger partial charge is 0.483 e. The average molecular weight is 304 g/mol. The topological polar surface area (TPSA) is 47.0 Å². The lowest BCUT2D eigenvalue weighted by atomic mass is 9.99. The van der Waals surface area contributed by atoms with Crippen molar-refractivity contribution in [1.29, 1.82) is 0 Å². The molecule has 2 aromatic rings. The van der Waals surface area contributed by atoms with Crippen molar-refractivity contribution in [2.24, 2.45) is 5.92 Å². The van der Waals surface area contributed by atoms with Gasteiger partial charge in [0, 0.05) is 29.9 Å². The summed E-state index contributed by atoms with van der Waals surface area (Å²) >= 11 is 6.01. The van der Waals surface area contributed by atoms with Crippen LogP contribution in [0.5, 0.6) is 5.75 Å². The molecule has 0 amide bonds. The number of hydrogen-bond acceptors (Lipinski definition) is 4. The summed E-state index contributed by atoms with van der Waals surface area (Å²) in [5.74, 6) is 1.25. The highest BCUT2D eigenvalue weighted by molar-refractivity contribution is 6.30. The zero-order chi connectivity index (χ0) is 14.7. The van der Waals surface area contributed by atoms with Gasteiger partial charge in [-0.15, -0.1) is 0 Å². The maximum absolute atomic E-state index is 6.27. The van der Waals surface area contributed by atoms with Crippen LogP contribution in [0.1, 0.15) is 23.8 Å². The van der Waals surface area contributed by atoms with Crippen molar-refractivity contribution in [3.8, 4) is 5.75 Å². The summed E-state index contributed by atoms with van der Waals surface area (Å²) in [6, 6.07) is 5.69. The van der Waals surface area contributed by atoms with E-state index in [9.17, 15) is 0 Å². The molecule has 1 aromatic carbocycles. The molecule has 1 aromatic heterocycles. The van der Waals surface area contributed by atoms with Crippen LogP contribution in [0, 0.1) is 12.8 Å². The minimum atomic E-state index is -0.0893. The highest BCUT2D eigenvalue weighted by atomic mass is 35.5. The predicted octanol–water partition coefficient (Wildman–Crippen LogP) is 3.17. The number of halogens is 1. The second kappa shape index (κ2) is 6.41. The first-order valence-electron chi connectivity index (χ1n) is 7.13. The molecule has 1 saturated heterocycles. The Labute approximate surface area is 129 Å². The molecular formula is C16H18ClN3O. The van der Waals surface area contributed by atoms with Crippen LogP contribution in [0.15, 0.2) is 36.8 Å². The summed E-state index contributed by atoms with van der Waals surface area (Å²) in [5, 5.41) is 4.10. The van der Waals surface area contributed by atoms with Crippen LogP contribution in [0.2, 0.25) is 5.02 Å². The molecule has 3 rings (SSSR count). The molecule has 1 aliphatic rings. The Bertz CT molecular complexity index is 600. The maximum atomic E-state index is 6.27. The van der Waals surface area contributed by atoms with Gasteiger partial charge in [-0.05, 0) is 43.7 Å². The van der Waals surface area contributed by atoms with E-state index in [1.54, 1.807) is 18.6 Å². The number of ether oxygens (including phenoxy) is 1. The highest BCUT2D eigenvalue weighted by Gasteiger charge is 2.29. The molecule has 0 bridgehead atoms. The fourth-order valence-electron chi connectivity index (χ4n) is 2.67. The van der Waals surface area contributed by atoms with Crippen molar-refractivity contribution in [2.45, 2.75) is 19.4 Å². The Balaban J connectivity index is 1.88. The van der Waals surface area contributed by atoms with E-state index in [2.05, 4.69) is 15.3 Å². The fourth-order valence-corrected chi connectivity index (χ4v) is 2.90. The van der Waals surface area contributed by atoms with E-state index in [0.717, 1.165) is 41.5 Å². The quantitative estimate of drug-likeness (QED) is 0.942. The van der Waals surface area contributed by atoms with E-state index >= 15 is 0 Å². The van der Waals surface area contributed by atoms with Gasteiger partial charge in [0.25, 0.3) is 0 Å². The number of aromatic nitrogens is 2. The average Bonchev–Trinajstić information content (AvgIpc) is 3.01. The van der Waals surface area contributed by atoms with Crippen LogP contribution in [0.3, 0.4) is 0 Å². The number of nitrogens with zero attached hydrogens (tertiary/aromatic N) is 2. The van der Waals surface area contributed by atoms with Gasteiger partial charge in [-0.25, -0.2) is 0 Å². The summed E-state index contributed by atoms with van der Waals surface area (Å²) in [5.41, 5.74) is 1.91. The smallest absolute Gasteiger partial charge is 0.146 e. The molecule has 21 heavy (non-hydrogen) atoms. The molecule has 0 saturated carbocycles. The molecule has 110 valence electrons. The second-order valence-corrected chi connectivity index (χ2v) is 5.77. The van der Waals surface area contributed by atoms with Crippen LogP contribution in [-0.4, -0.2) is 23.1 Å². The van der Waals surface area contributed by atoms with Gasteiger partial charge in [0.15, 0.2) is 0 Å². The van der Waals surface area contributed by atoms with Crippen molar-refractivity contribution >= 4 is 11.6 Å². The monoisotopic (exact) mass is 303 g/mol. The third-order valence-corrected chi connectivity index (χ3v) is 4.03. The molecule has 1 fully saturated rings. The lowest BCUT2D eigenvalue weighted by Gasteiger charge is -2.24. The standard InChI is InChI=1S/C16H18ClN3O/c1-11-8-13(17)2-3-15(11)21-16(12-4-5-18-9-12)14-10-19-6-7-20-14/h2-3,6-8,10,12,16,18H,4-5,9H2,1H3/t12-,16?/m0/s1. The van der Waals surface area contributed by atoms with E-state index in [4.69, 9.17) is 16.3 Å². The molecular weight excluding hydrogens is 286 g/mol. The van der Waals surface area contributed by atoms with Gasteiger partial charge in [0.05, 0.1) is 11.9 Å². The van der Waals surface area contributed by atoms with Crippen molar-refractivity contribution in [3.05, 3.63) is 53.1 Å². The summed E-state index contributed by atoms with van der Waals surface area (Å²) < 4.78 is 6.27. The van der Waals surface area contributed by atoms with Crippen LogP contribution in [0.4, 0.5) is 0 Å². The molecule has 0 spiro atoms. The third-order valence-electron chi connectivity index (χ3n) is 3.79. The zero-order valence-electron chi connectivity index (χ0n) is 11.9. The van der Waals surface area contributed by atoms with Crippen LogP contribution in [-0.2, 0) is 0 Å². The van der Waals surface area contributed by atoms with E-state index in [0.29, 0.717) is 5.92 Å². The summed E-state index contributed by atoms with van der Waals surface area (Å²) in [6.07, 6.45) is 6.17. The molecule has 2 atom stereocenters. The SMILES string of the molecule is Cc1cc(Cl)ccc1OC(c1cnccn1)[C@H]1CCNC1. The molecule has 5 heteroatoms. The van der Waals surface area contributed by atoms with Crippen LogP contribution < -0.4 is 10.1 Å². The Kier molecular flexibility index (Phi) is 4.36. The van der Waals surface area contributed by atoms with E-state index in [-0.39, 0.29) is 6.10 Å². The molecule has 0 radical (unpaired) electrons. The summed E-state index contributed by atoms with van der Waals surface area (Å²) in [7, 11) is 0. The molecule has 1 aliphatic heterocycles. The van der Waals surface area contributed by atoms with E-state index in [1.807, 2.05) is 25.1 Å². The number of hydrogen-bond donors (Lipinski definition) is 1. The number of rotatable bonds is 4. The predicted molar refractivity (Wildman–Crippen MR) is 82.6 cm³/mol. The van der Waals surface area contributed by atoms with Crippen molar-refractivity contribution in [3.63, 3.8) is 0 Å². The van der Waals surface area contributed by atoms with Gasteiger partial charge in [0.1, 0.15) is 11.9 Å². The molecule has 1 unspecified atom stereocenters. The van der Waals surface area contributed by atoms with Crippen LogP contribution >= 0.6 is 11.6 Å². The first-order chi connectivity index (χ1) is 10.2. The van der Waals surface area contributed by atoms with Gasteiger partial charge in [-0.2, -0.15) is 0 Å². The minimum absolute atomic E-state index is 0.0893. The van der Waals surface area contributed by atoms with Gasteiger partial charge in [-0.3, -0.25) is 9.97 Å². The Morgan fingerprint density at radius 2 is 2.29 bits per heavy atom. The van der Waals surface area contributed by atoms with Crippen molar-refractivity contribution in [2.75, 3.05) is 13.1 Å².